The molecule has 0 radical (unpaired) electrons. The fourth-order valence-electron chi connectivity index (χ4n) is 4.19. The predicted molar refractivity (Wildman–Crippen MR) is 121 cm³/mol. The smallest absolute Gasteiger partial charge is 0.251 e. The molecular formula is C25H21N5O2. The van der Waals surface area contributed by atoms with E-state index in [0.29, 0.717) is 11.4 Å². The lowest BCUT2D eigenvalue weighted by molar-refractivity contribution is -0.118. The van der Waals surface area contributed by atoms with Crippen LogP contribution in [-0.2, 0) is 4.79 Å². The molecule has 32 heavy (non-hydrogen) atoms. The highest BCUT2D eigenvalue weighted by molar-refractivity contribution is 6.04. The quantitative estimate of drug-likeness (QED) is 0.526. The van der Waals surface area contributed by atoms with Crippen molar-refractivity contribution in [3.8, 4) is 5.69 Å². The Hall–Kier alpha value is -4.26. The highest BCUT2D eigenvalue weighted by Gasteiger charge is 2.41. The van der Waals surface area contributed by atoms with Crippen LogP contribution in [0.5, 0.6) is 0 Å². The van der Waals surface area contributed by atoms with Gasteiger partial charge in [-0.15, -0.1) is 0 Å². The van der Waals surface area contributed by atoms with E-state index in [9.17, 15) is 9.59 Å². The van der Waals surface area contributed by atoms with Crippen molar-refractivity contribution in [3.05, 3.63) is 108 Å². The Bertz CT molecular complexity index is 1270. The molecule has 1 aliphatic rings. The molecule has 7 nitrogen and oxygen atoms in total. The van der Waals surface area contributed by atoms with Crippen molar-refractivity contribution < 1.29 is 9.59 Å². The summed E-state index contributed by atoms with van der Waals surface area (Å²) in [6, 6.07) is 21.5. The molecule has 0 aliphatic carbocycles. The van der Waals surface area contributed by atoms with E-state index in [4.69, 9.17) is 5.10 Å². The SMILES string of the molecule is Cc1nn(-c2ccccc2)c2c1[C@H](c1ccncc1)[C@@H](NC(=O)c1ccccc1)C(=O)N2. The molecule has 0 bridgehead atoms. The van der Waals surface area contributed by atoms with Crippen LogP contribution in [0.2, 0.25) is 0 Å². The molecule has 0 unspecified atom stereocenters. The molecular weight excluding hydrogens is 402 g/mol. The molecule has 2 amide bonds. The number of para-hydroxylation sites is 1. The monoisotopic (exact) mass is 423 g/mol. The van der Waals surface area contributed by atoms with Crippen LogP contribution in [0.1, 0.15) is 33.1 Å². The van der Waals surface area contributed by atoms with Crippen molar-refractivity contribution in [2.45, 2.75) is 18.9 Å². The molecule has 0 fully saturated rings. The predicted octanol–water partition coefficient (Wildman–Crippen LogP) is 3.46. The first-order valence-electron chi connectivity index (χ1n) is 10.3. The molecule has 0 saturated carbocycles. The molecule has 1 aliphatic heterocycles. The molecule has 2 atom stereocenters. The lowest BCUT2D eigenvalue weighted by atomic mass is 9.82. The Morgan fingerprint density at radius 1 is 0.969 bits per heavy atom. The van der Waals surface area contributed by atoms with Gasteiger partial charge in [0, 0.05) is 29.4 Å². The Balaban J connectivity index is 1.62. The van der Waals surface area contributed by atoms with Crippen LogP contribution in [0.15, 0.2) is 85.2 Å². The number of aromatic nitrogens is 3. The fourth-order valence-corrected chi connectivity index (χ4v) is 4.19. The van der Waals surface area contributed by atoms with Gasteiger partial charge in [0.1, 0.15) is 11.9 Å². The van der Waals surface area contributed by atoms with E-state index in [1.165, 1.54) is 0 Å². The highest BCUT2D eigenvalue weighted by atomic mass is 16.2. The fraction of sp³-hybridized carbons (Fsp3) is 0.120. The van der Waals surface area contributed by atoms with Gasteiger partial charge in [0.15, 0.2) is 0 Å². The first kappa shape index (κ1) is 19.7. The number of pyridine rings is 1. The van der Waals surface area contributed by atoms with Crippen LogP contribution in [0.3, 0.4) is 0 Å². The van der Waals surface area contributed by atoms with Crippen molar-refractivity contribution >= 4 is 17.6 Å². The van der Waals surface area contributed by atoms with Gasteiger partial charge in [-0.05, 0) is 48.9 Å². The van der Waals surface area contributed by atoms with Crippen LogP contribution < -0.4 is 10.6 Å². The number of benzene rings is 2. The molecule has 7 heteroatoms. The molecule has 158 valence electrons. The average molecular weight is 423 g/mol. The van der Waals surface area contributed by atoms with Crippen molar-refractivity contribution in [1.82, 2.24) is 20.1 Å². The Morgan fingerprint density at radius 2 is 1.62 bits per heavy atom. The first-order chi connectivity index (χ1) is 15.6. The summed E-state index contributed by atoms with van der Waals surface area (Å²) in [6.07, 6.45) is 3.38. The zero-order valence-electron chi connectivity index (χ0n) is 17.4. The molecule has 4 aromatic rings. The number of aryl methyl sites for hydroxylation is 1. The maximum Gasteiger partial charge on any atom is 0.251 e. The lowest BCUT2D eigenvalue weighted by Crippen LogP contribution is -2.50. The van der Waals surface area contributed by atoms with Gasteiger partial charge in [-0.1, -0.05) is 36.4 Å². The van der Waals surface area contributed by atoms with E-state index in [1.54, 1.807) is 41.3 Å². The van der Waals surface area contributed by atoms with E-state index < -0.39 is 12.0 Å². The third-order valence-corrected chi connectivity index (χ3v) is 5.66. The first-order valence-corrected chi connectivity index (χ1v) is 10.3. The number of amides is 2. The van der Waals surface area contributed by atoms with E-state index in [-0.39, 0.29) is 11.8 Å². The van der Waals surface area contributed by atoms with E-state index >= 15 is 0 Å². The van der Waals surface area contributed by atoms with Crippen molar-refractivity contribution in [3.63, 3.8) is 0 Å². The number of carbonyl (C=O) groups excluding carboxylic acids is 2. The number of rotatable bonds is 4. The Morgan fingerprint density at radius 3 is 2.31 bits per heavy atom. The van der Waals surface area contributed by atoms with Gasteiger partial charge in [0.2, 0.25) is 5.91 Å². The van der Waals surface area contributed by atoms with E-state index in [1.807, 2.05) is 55.5 Å². The van der Waals surface area contributed by atoms with Gasteiger partial charge in [-0.2, -0.15) is 5.10 Å². The van der Waals surface area contributed by atoms with Gasteiger partial charge in [0.05, 0.1) is 11.4 Å². The molecule has 2 aromatic heterocycles. The van der Waals surface area contributed by atoms with Crippen LogP contribution in [0.25, 0.3) is 5.69 Å². The summed E-state index contributed by atoms with van der Waals surface area (Å²) in [7, 11) is 0. The Kier molecular flexibility index (Phi) is 4.99. The van der Waals surface area contributed by atoms with Crippen LogP contribution in [0.4, 0.5) is 5.82 Å². The largest absolute Gasteiger partial charge is 0.339 e. The summed E-state index contributed by atoms with van der Waals surface area (Å²) in [5, 5.41) is 10.6. The molecule has 5 rings (SSSR count). The zero-order chi connectivity index (χ0) is 22.1. The number of anilines is 1. The number of carbonyl (C=O) groups is 2. The summed E-state index contributed by atoms with van der Waals surface area (Å²) in [5.74, 6) is -0.389. The van der Waals surface area contributed by atoms with Crippen LogP contribution in [0, 0.1) is 6.92 Å². The summed E-state index contributed by atoms with van der Waals surface area (Å²) < 4.78 is 1.74. The summed E-state index contributed by atoms with van der Waals surface area (Å²) >= 11 is 0. The molecule has 2 N–H and O–H groups in total. The molecule has 0 saturated heterocycles. The Labute approximate surface area is 185 Å². The minimum atomic E-state index is -0.801. The molecule has 0 spiro atoms. The number of nitrogens with one attached hydrogen (secondary N) is 2. The second-order valence-corrected chi connectivity index (χ2v) is 7.66. The number of hydrogen-bond acceptors (Lipinski definition) is 4. The second-order valence-electron chi connectivity index (χ2n) is 7.66. The number of hydrogen-bond donors (Lipinski definition) is 2. The van der Waals surface area contributed by atoms with Gasteiger partial charge < -0.3 is 10.6 Å². The summed E-state index contributed by atoms with van der Waals surface area (Å²) in [5.41, 5.74) is 3.88. The lowest BCUT2D eigenvalue weighted by Gasteiger charge is -2.32. The minimum Gasteiger partial charge on any atom is -0.339 e. The number of fused-ring (bicyclic) bond motifs is 1. The second kappa shape index (κ2) is 8.11. The van der Waals surface area contributed by atoms with Gasteiger partial charge in [-0.3, -0.25) is 14.6 Å². The standard InChI is InChI=1S/C25H21N5O2/c1-16-20-21(17-12-14-26-15-13-17)22(27-24(31)18-8-4-2-5-9-18)25(32)28-23(20)30(29-16)19-10-6-3-7-11-19/h2-15,21-22H,1H3,(H,27,31)(H,28,32)/t21-,22+/m0/s1. The van der Waals surface area contributed by atoms with Crippen molar-refractivity contribution in [1.29, 1.82) is 0 Å². The van der Waals surface area contributed by atoms with Crippen LogP contribution >= 0.6 is 0 Å². The summed E-state index contributed by atoms with van der Waals surface area (Å²) in [6.45, 7) is 1.92. The van der Waals surface area contributed by atoms with Crippen LogP contribution in [-0.4, -0.2) is 32.6 Å². The zero-order valence-corrected chi connectivity index (χ0v) is 17.4. The van der Waals surface area contributed by atoms with Gasteiger partial charge in [-0.25, -0.2) is 4.68 Å². The maximum absolute atomic E-state index is 13.3. The number of nitrogens with zero attached hydrogens (tertiary/aromatic N) is 3. The third kappa shape index (κ3) is 3.43. The summed E-state index contributed by atoms with van der Waals surface area (Å²) in [4.78, 5) is 30.4. The van der Waals surface area contributed by atoms with Gasteiger partial charge in [0.25, 0.3) is 5.91 Å². The highest BCUT2D eigenvalue weighted by Crippen LogP contribution is 2.40. The average Bonchev–Trinajstić information content (AvgIpc) is 3.16. The normalized spacial score (nSPS) is 17.3. The van der Waals surface area contributed by atoms with E-state index in [0.717, 1.165) is 22.5 Å². The molecule has 2 aromatic carbocycles. The van der Waals surface area contributed by atoms with Crippen molar-refractivity contribution in [2.75, 3.05) is 5.32 Å². The van der Waals surface area contributed by atoms with Crippen molar-refractivity contribution in [2.24, 2.45) is 0 Å². The topological polar surface area (TPSA) is 88.9 Å². The molecule has 3 heterocycles. The van der Waals surface area contributed by atoms with E-state index in [2.05, 4.69) is 15.6 Å². The third-order valence-electron chi connectivity index (χ3n) is 5.66. The van der Waals surface area contributed by atoms with Gasteiger partial charge >= 0.3 is 0 Å². The maximum atomic E-state index is 13.3. The minimum absolute atomic E-state index is 0.291.